The van der Waals surface area contributed by atoms with E-state index in [-0.39, 0.29) is 23.0 Å². The largest absolute Gasteiger partial charge is 0.482 e. The van der Waals surface area contributed by atoms with Gasteiger partial charge < -0.3 is 15.0 Å². The van der Waals surface area contributed by atoms with E-state index in [0.29, 0.717) is 28.1 Å². The van der Waals surface area contributed by atoms with Crippen LogP contribution in [0, 0.1) is 23.0 Å². The minimum absolute atomic E-state index is 0.231. The number of carbonyl (C=O) groups is 1. The minimum Gasteiger partial charge on any atom is -0.482 e. The average Bonchev–Trinajstić information content (AvgIpc) is 3.21. The summed E-state index contributed by atoms with van der Waals surface area (Å²) in [6.07, 6.45) is 1.57. The number of aromatic amines is 1. The number of allylic oxidation sites excluding steroid dienone is 1. The molecule has 0 unspecified atom stereocenters. The van der Waals surface area contributed by atoms with Gasteiger partial charge in [0, 0.05) is 5.69 Å². The second-order valence-electron chi connectivity index (χ2n) is 6.95. The van der Waals surface area contributed by atoms with Crippen LogP contribution in [0.2, 0.25) is 5.02 Å². The van der Waals surface area contributed by atoms with Gasteiger partial charge in [-0.05, 0) is 66.2 Å². The van der Waals surface area contributed by atoms with Crippen molar-refractivity contribution in [3.63, 3.8) is 0 Å². The number of hydrogen-bond acceptors (Lipinski definition) is 4. The lowest BCUT2D eigenvalue weighted by molar-refractivity contribution is -0.118. The Morgan fingerprint density at radius 1 is 1.12 bits per heavy atom. The molecule has 0 radical (unpaired) electrons. The van der Waals surface area contributed by atoms with Crippen molar-refractivity contribution < 1.29 is 18.3 Å². The van der Waals surface area contributed by atoms with Crippen LogP contribution in [-0.4, -0.2) is 22.5 Å². The number of nitrogens with one attached hydrogen (secondary N) is 2. The summed E-state index contributed by atoms with van der Waals surface area (Å²) in [5.74, 6) is -0.671. The van der Waals surface area contributed by atoms with E-state index in [1.807, 2.05) is 0 Å². The fourth-order valence-electron chi connectivity index (χ4n) is 3.03. The third kappa shape index (κ3) is 5.34. The molecule has 1 heterocycles. The Labute approximate surface area is 192 Å². The van der Waals surface area contributed by atoms with Gasteiger partial charge in [-0.25, -0.2) is 13.8 Å². The predicted molar refractivity (Wildman–Crippen MR) is 122 cm³/mol. The number of aromatic nitrogens is 2. The normalized spacial score (nSPS) is 11.3. The monoisotopic (exact) mass is 464 g/mol. The molecular formula is C24H15ClF2N4O2. The number of anilines is 1. The van der Waals surface area contributed by atoms with Crippen LogP contribution >= 0.6 is 11.6 Å². The molecule has 0 atom stereocenters. The Balaban J connectivity index is 1.45. The molecular weight excluding hydrogens is 450 g/mol. The summed E-state index contributed by atoms with van der Waals surface area (Å²) in [7, 11) is 0. The molecule has 33 heavy (non-hydrogen) atoms. The number of benzene rings is 3. The lowest BCUT2D eigenvalue weighted by Crippen LogP contribution is -2.20. The number of imidazole rings is 1. The van der Waals surface area contributed by atoms with Gasteiger partial charge in [0.1, 0.15) is 29.3 Å². The number of ether oxygens (including phenoxy) is 1. The van der Waals surface area contributed by atoms with Gasteiger partial charge >= 0.3 is 0 Å². The molecule has 164 valence electrons. The quantitative estimate of drug-likeness (QED) is 0.365. The standard InChI is InChI=1S/C24H15ClF2N4O2/c25-19-10-14(9-15(12-28)24-30-20-7-4-17(27)11-21(20)31-24)1-8-22(19)33-13-23(32)29-18-5-2-16(26)3-6-18/h1-11H,13H2,(H,29,32)(H,30,31)/b15-9-. The first kappa shape index (κ1) is 22.0. The first-order valence-corrected chi connectivity index (χ1v) is 10.0. The lowest BCUT2D eigenvalue weighted by atomic mass is 10.1. The number of carbonyl (C=O) groups excluding carboxylic acids is 1. The van der Waals surface area contributed by atoms with Gasteiger partial charge in [-0.3, -0.25) is 4.79 Å². The van der Waals surface area contributed by atoms with Crippen LogP contribution in [0.15, 0.2) is 60.7 Å². The van der Waals surface area contributed by atoms with Crippen molar-refractivity contribution in [3.8, 4) is 11.8 Å². The maximum atomic E-state index is 13.4. The van der Waals surface area contributed by atoms with E-state index in [1.165, 1.54) is 42.5 Å². The van der Waals surface area contributed by atoms with Crippen molar-refractivity contribution in [2.24, 2.45) is 0 Å². The molecule has 3 aromatic carbocycles. The maximum Gasteiger partial charge on any atom is 0.262 e. The molecule has 0 aliphatic carbocycles. The topological polar surface area (TPSA) is 90.8 Å². The molecule has 0 fully saturated rings. The minimum atomic E-state index is -0.435. The van der Waals surface area contributed by atoms with Crippen LogP contribution < -0.4 is 10.1 Å². The Morgan fingerprint density at radius 2 is 1.88 bits per heavy atom. The van der Waals surface area contributed by atoms with Crippen LogP contribution in [-0.2, 0) is 4.79 Å². The zero-order valence-corrected chi connectivity index (χ0v) is 17.7. The first-order valence-electron chi connectivity index (χ1n) is 9.66. The second-order valence-corrected chi connectivity index (χ2v) is 7.36. The molecule has 2 N–H and O–H groups in total. The van der Waals surface area contributed by atoms with Gasteiger partial charge in [0.15, 0.2) is 6.61 Å². The Hall–Kier alpha value is -4.22. The zero-order valence-electron chi connectivity index (χ0n) is 16.9. The Morgan fingerprint density at radius 3 is 2.61 bits per heavy atom. The molecule has 0 aliphatic rings. The molecule has 0 spiro atoms. The van der Waals surface area contributed by atoms with Crippen LogP contribution in [0.3, 0.4) is 0 Å². The van der Waals surface area contributed by atoms with E-state index in [2.05, 4.69) is 21.4 Å². The highest BCUT2D eigenvalue weighted by Gasteiger charge is 2.11. The van der Waals surface area contributed by atoms with Crippen LogP contribution in [0.25, 0.3) is 22.7 Å². The van der Waals surface area contributed by atoms with Crippen LogP contribution in [0.4, 0.5) is 14.5 Å². The van der Waals surface area contributed by atoms with Crippen LogP contribution in [0.5, 0.6) is 5.75 Å². The summed E-state index contributed by atoms with van der Waals surface area (Å²) in [6, 6.07) is 16.3. The molecule has 4 rings (SSSR count). The summed E-state index contributed by atoms with van der Waals surface area (Å²) >= 11 is 6.27. The SMILES string of the molecule is N#C/C(=C/c1ccc(OCC(=O)Nc2ccc(F)cc2)c(Cl)c1)c1nc2ccc(F)cc2[nH]1. The summed E-state index contributed by atoms with van der Waals surface area (Å²) in [5.41, 5.74) is 2.29. The van der Waals surface area contributed by atoms with Gasteiger partial charge in [-0.1, -0.05) is 17.7 Å². The number of fused-ring (bicyclic) bond motifs is 1. The molecule has 1 aromatic heterocycles. The third-order valence-electron chi connectivity index (χ3n) is 4.57. The number of H-pyrrole nitrogens is 1. The summed E-state index contributed by atoms with van der Waals surface area (Å²) in [5, 5.41) is 12.4. The van der Waals surface area contributed by atoms with Gasteiger partial charge in [0.25, 0.3) is 5.91 Å². The molecule has 9 heteroatoms. The number of rotatable bonds is 6. The molecule has 4 aromatic rings. The number of nitriles is 1. The number of hydrogen-bond donors (Lipinski definition) is 2. The van der Waals surface area contributed by atoms with E-state index < -0.39 is 17.5 Å². The van der Waals surface area contributed by atoms with Gasteiger partial charge in [-0.15, -0.1) is 0 Å². The van der Waals surface area contributed by atoms with Gasteiger partial charge in [0.2, 0.25) is 0 Å². The maximum absolute atomic E-state index is 13.4. The molecule has 0 aliphatic heterocycles. The van der Waals surface area contributed by atoms with E-state index in [4.69, 9.17) is 16.3 Å². The number of amides is 1. The molecule has 1 amide bonds. The second kappa shape index (κ2) is 9.51. The summed E-state index contributed by atoms with van der Waals surface area (Å²) in [6.45, 7) is -0.300. The fraction of sp³-hybridized carbons (Fsp3) is 0.0417. The lowest BCUT2D eigenvalue weighted by Gasteiger charge is -2.09. The zero-order chi connectivity index (χ0) is 23.4. The van der Waals surface area contributed by atoms with Crippen molar-refractivity contribution >= 4 is 45.9 Å². The smallest absolute Gasteiger partial charge is 0.262 e. The highest BCUT2D eigenvalue weighted by molar-refractivity contribution is 6.32. The van der Waals surface area contributed by atoms with E-state index in [9.17, 15) is 18.8 Å². The van der Waals surface area contributed by atoms with E-state index in [0.717, 1.165) is 0 Å². The van der Waals surface area contributed by atoms with Crippen molar-refractivity contribution in [1.29, 1.82) is 5.26 Å². The van der Waals surface area contributed by atoms with Crippen molar-refractivity contribution in [2.45, 2.75) is 0 Å². The average molecular weight is 465 g/mol. The van der Waals surface area contributed by atoms with Crippen molar-refractivity contribution in [2.75, 3.05) is 11.9 Å². The highest BCUT2D eigenvalue weighted by Crippen LogP contribution is 2.28. The molecule has 0 saturated carbocycles. The fourth-order valence-corrected chi connectivity index (χ4v) is 3.27. The summed E-state index contributed by atoms with van der Waals surface area (Å²) in [4.78, 5) is 19.3. The van der Waals surface area contributed by atoms with E-state index >= 15 is 0 Å². The first-order chi connectivity index (χ1) is 15.9. The molecule has 0 saturated heterocycles. The Bertz CT molecular complexity index is 1410. The van der Waals surface area contributed by atoms with Gasteiger partial charge in [0.05, 0.1) is 21.6 Å². The Kier molecular flexibility index (Phi) is 6.33. The van der Waals surface area contributed by atoms with Crippen molar-refractivity contribution in [3.05, 3.63) is 88.7 Å². The molecule has 0 bridgehead atoms. The van der Waals surface area contributed by atoms with E-state index in [1.54, 1.807) is 24.3 Å². The predicted octanol–water partition coefficient (Wildman–Crippen LogP) is 5.58. The van der Waals surface area contributed by atoms with Gasteiger partial charge in [-0.2, -0.15) is 5.26 Å². The van der Waals surface area contributed by atoms with Crippen LogP contribution in [0.1, 0.15) is 11.4 Å². The third-order valence-corrected chi connectivity index (χ3v) is 4.87. The molecule has 6 nitrogen and oxygen atoms in total. The number of nitrogens with zero attached hydrogens (tertiary/aromatic N) is 2. The van der Waals surface area contributed by atoms with Crippen molar-refractivity contribution in [1.82, 2.24) is 9.97 Å². The number of halogens is 3. The highest BCUT2D eigenvalue weighted by atomic mass is 35.5. The summed E-state index contributed by atoms with van der Waals surface area (Å²) < 4.78 is 31.8.